The minimum Gasteiger partial charge on any atom is -0.345 e. The van der Waals surface area contributed by atoms with Gasteiger partial charge in [-0.05, 0) is 48.1 Å². The van der Waals surface area contributed by atoms with Crippen molar-refractivity contribution in [2.24, 2.45) is 7.05 Å². The van der Waals surface area contributed by atoms with Crippen LogP contribution in [0.25, 0.3) is 0 Å². The van der Waals surface area contributed by atoms with E-state index in [0.717, 1.165) is 10.5 Å². The third-order valence-corrected chi connectivity index (χ3v) is 6.02. The third kappa shape index (κ3) is 5.13. The zero-order valence-electron chi connectivity index (χ0n) is 14.3. The highest BCUT2D eigenvalue weighted by Crippen LogP contribution is 2.32. The van der Waals surface area contributed by atoms with Gasteiger partial charge in [-0.15, -0.1) is 11.8 Å². The van der Waals surface area contributed by atoms with Crippen LogP contribution in [0, 0.1) is 4.77 Å². The van der Waals surface area contributed by atoms with Gasteiger partial charge in [0, 0.05) is 28.3 Å². The van der Waals surface area contributed by atoms with E-state index in [9.17, 15) is 4.79 Å². The summed E-state index contributed by atoms with van der Waals surface area (Å²) < 4.78 is 2.23. The molecule has 2 aromatic carbocycles. The maximum Gasteiger partial charge on any atom is 0.251 e. The van der Waals surface area contributed by atoms with Crippen LogP contribution < -0.4 is 5.32 Å². The number of benzene rings is 2. The molecule has 0 atom stereocenters. The van der Waals surface area contributed by atoms with E-state index < -0.39 is 0 Å². The summed E-state index contributed by atoms with van der Waals surface area (Å²) in [5, 5.41) is 10.9. The topological polar surface area (TPSA) is 62.7 Å². The number of carbonyl (C=O) groups is 1. The van der Waals surface area contributed by atoms with Crippen molar-refractivity contribution in [3.05, 3.63) is 74.2 Å². The zero-order chi connectivity index (χ0) is 19.4. The Morgan fingerprint density at radius 2 is 2.11 bits per heavy atom. The second-order valence-corrected chi connectivity index (χ2v) is 8.00. The molecule has 0 saturated heterocycles. The lowest BCUT2D eigenvalue weighted by atomic mass is 10.1. The molecule has 0 aliphatic heterocycles. The van der Waals surface area contributed by atoms with Crippen molar-refractivity contribution in [2.75, 3.05) is 0 Å². The summed E-state index contributed by atoms with van der Waals surface area (Å²) in [6.07, 6.45) is 0. The third-order valence-electron chi connectivity index (χ3n) is 3.86. The Labute approximate surface area is 176 Å². The Morgan fingerprint density at radius 3 is 2.85 bits per heavy atom. The number of aromatic amines is 1. The van der Waals surface area contributed by atoms with Crippen LogP contribution in [0.15, 0.2) is 47.4 Å². The maximum absolute atomic E-state index is 12.4. The smallest absolute Gasteiger partial charge is 0.251 e. The number of hydrogen-bond acceptors (Lipinski definition) is 4. The first-order chi connectivity index (χ1) is 12.9. The van der Waals surface area contributed by atoms with E-state index in [1.807, 2.05) is 24.3 Å². The molecular weight excluding hydrogens is 423 g/mol. The Bertz CT molecular complexity index is 1030. The lowest BCUT2D eigenvalue weighted by Crippen LogP contribution is -2.24. The van der Waals surface area contributed by atoms with Crippen molar-refractivity contribution in [1.29, 1.82) is 0 Å². The van der Waals surface area contributed by atoms with E-state index in [0.29, 0.717) is 38.5 Å². The van der Waals surface area contributed by atoms with E-state index in [2.05, 4.69) is 15.5 Å². The van der Waals surface area contributed by atoms with Gasteiger partial charge < -0.3 is 9.88 Å². The number of H-pyrrole nitrogens is 1. The number of carbonyl (C=O) groups excluding carboxylic acids is 1. The summed E-state index contributed by atoms with van der Waals surface area (Å²) in [4.78, 5) is 13.3. The number of halogens is 2. The fourth-order valence-electron chi connectivity index (χ4n) is 2.35. The van der Waals surface area contributed by atoms with Crippen LogP contribution in [-0.2, 0) is 19.3 Å². The molecule has 0 radical (unpaired) electrons. The second kappa shape index (κ2) is 8.93. The van der Waals surface area contributed by atoms with Crippen LogP contribution in [-0.4, -0.2) is 20.7 Å². The molecule has 2 N–H and O–H groups in total. The highest BCUT2D eigenvalue weighted by Gasteiger charge is 2.09. The minimum absolute atomic E-state index is 0.170. The molecule has 1 amide bonds. The van der Waals surface area contributed by atoms with E-state index >= 15 is 0 Å². The highest BCUT2D eigenvalue weighted by molar-refractivity contribution is 7.98. The molecule has 1 heterocycles. The SMILES string of the molecule is Cn1c(CNC(=O)c2cccc(CSc3cc(Cl)ccc3Cl)c2)n[nH]c1=S. The second-order valence-electron chi connectivity index (χ2n) is 5.75. The maximum atomic E-state index is 12.4. The van der Waals surface area contributed by atoms with Crippen LogP contribution in [0.1, 0.15) is 21.7 Å². The van der Waals surface area contributed by atoms with Gasteiger partial charge in [0.05, 0.1) is 11.6 Å². The predicted octanol–water partition coefficient (Wildman–Crippen LogP) is 5.01. The number of hydrogen-bond donors (Lipinski definition) is 2. The number of aromatic nitrogens is 3. The van der Waals surface area contributed by atoms with Crippen molar-refractivity contribution >= 4 is 53.1 Å². The Hall–Kier alpha value is -1.80. The lowest BCUT2D eigenvalue weighted by Gasteiger charge is -2.08. The molecule has 0 aliphatic carbocycles. The zero-order valence-corrected chi connectivity index (χ0v) is 17.5. The predicted molar refractivity (Wildman–Crippen MR) is 112 cm³/mol. The largest absolute Gasteiger partial charge is 0.345 e. The lowest BCUT2D eigenvalue weighted by molar-refractivity contribution is 0.0949. The van der Waals surface area contributed by atoms with Gasteiger partial charge in [-0.25, -0.2) is 0 Å². The van der Waals surface area contributed by atoms with Gasteiger partial charge in [0.1, 0.15) is 0 Å². The van der Waals surface area contributed by atoms with Crippen LogP contribution in [0.3, 0.4) is 0 Å². The van der Waals surface area contributed by atoms with Crippen LogP contribution >= 0.6 is 47.2 Å². The summed E-state index contributed by atoms with van der Waals surface area (Å²) in [5.74, 6) is 1.17. The van der Waals surface area contributed by atoms with Crippen molar-refractivity contribution in [3.63, 3.8) is 0 Å². The molecule has 0 spiro atoms. The minimum atomic E-state index is -0.170. The summed E-state index contributed by atoms with van der Waals surface area (Å²) in [6.45, 7) is 0.291. The van der Waals surface area contributed by atoms with Gasteiger partial charge in [0.2, 0.25) is 0 Å². The normalized spacial score (nSPS) is 10.8. The van der Waals surface area contributed by atoms with Crippen molar-refractivity contribution in [1.82, 2.24) is 20.1 Å². The Kier molecular flexibility index (Phi) is 6.59. The molecule has 3 rings (SSSR count). The number of nitrogens with one attached hydrogen (secondary N) is 2. The first kappa shape index (κ1) is 19.9. The number of amides is 1. The molecule has 9 heteroatoms. The monoisotopic (exact) mass is 438 g/mol. The average Bonchev–Trinajstić information content (AvgIpc) is 2.99. The van der Waals surface area contributed by atoms with Crippen molar-refractivity contribution in [3.8, 4) is 0 Å². The number of thioether (sulfide) groups is 1. The van der Waals surface area contributed by atoms with Gasteiger partial charge in [-0.3, -0.25) is 9.89 Å². The molecule has 5 nitrogen and oxygen atoms in total. The molecule has 1 aromatic heterocycles. The number of rotatable bonds is 6. The summed E-state index contributed by atoms with van der Waals surface area (Å²) >= 11 is 18.9. The van der Waals surface area contributed by atoms with Crippen LogP contribution in [0.4, 0.5) is 0 Å². The van der Waals surface area contributed by atoms with Gasteiger partial charge >= 0.3 is 0 Å². The summed E-state index contributed by atoms with van der Waals surface area (Å²) in [5.41, 5.74) is 1.60. The van der Waals surface area contributed by atoms with Gasteiger partial charge in [-0.1, -0.05) is 35.3 Å². The van der Waals surface area contributed by atoms with Crippen LogP contribution in [0.2, 0.25) is 10.0 Å². The van der Waals surface area contributed by atoms with E-state index in [-0.39, 0.29) is 5.91 Å². The molecule has 0 saturated carbocycles. The first-order valence-electron chi connectivity index (χ1n) is 7.99. The van der Waals surface area contributed by atoms with Crippen molar-refractivity contribution in [2.45, 2.75) is 17.2 Å². The van der Waals surface area contributed by atoms with Gasteiger partial charge in [-0.2, -0.15) is 5.10 Å². The van der Waals surface area contributed by atoms with E-state index in [4.69, 9.17) is 35.4 Å². The van der Waals surface area contributed by atoms with E-state index in [1.54, 1.807) is 41.6 Å². The number of nitrogens with zero attached hydrogens (tertiary/aromatic N) is 2. The molecular formula is C18H16Cl2N4OS2. The fourth-order valence-corrected chi connectivity index (χ4v) is 3.94. The highest BCUT2D eigenvalue weighted by atomic mass is 35.5. The average molecular weight is 439 g/mol. The molecule has 0 bridgehead atoms. The Balaban J connectivity index is 1.64. The van der Waals surface area contributed by atoms with Gasteiger partial charge in [0.15, 0.2) is 10.6 Å². The van der Waals surface area contributed by atoms with Crippen molar-refractivity contribution < 1.29 is 4.79 Å². The molecule has 140 valence electrons. The van der Waals surface area contributed by atoms with Crippen LogP contribution in [0.5, 0.6) is 0 Å². The first-order valence-corrected chi connectivity index (χ1v) is 10.1. The summed E-state index contributed by atoms with van der Waals surface area (Å²) in [7, 11) is 1.80. The molecule has 27 heavy (non-hydrogen) atoms. The molecule has 0 fully saturated rings. The standard InChI is InChI=1S/C18H16Cl2N4OS2/c1-24-16(22-23-18(24)26)9-21-17(25)12-4-2-3-11(7-12)10-27-15-8-13(19)5-6-14(15)20/h2-8H,9-10H2,1H3,(H,21,25)(H,23,26). The summed E-state index contributed by atoms with van der Waals surface area (Å²) in [6, 6.07) is 12.8. The fraction of sp³-hybridized carbons (Fsp3) is 0.167. The van der Waals surface area contributed by atoms with Gasteiger partial charge in [0.25, 0.3) is 5.91 Å². The Morgan fingerprint density at radius 1 is 1.30 bits per heavy atom. The molecule has 0 unspecified atom stereocenters. The van der Waals surface area contributed by atoms with E-state index in [1.165, 1.54) is 0 Å². The molecule has 0 aliphatic rings. The quantitative estimate of drug-likeness (QED) is 0.419. The molecule has 3 aromatic rings.